The lowest BCUT2D eigenvalue weighted by molar-refractivity contribution is 0.483. The van der Waals surface area contributed by atoms with Crippen molar-refractivity contribution < 1.29 is 4.42 Å². The number of aromatic nitrogens is 1. The van der Waals surface area contributed by atoms with E-state index in [4.69, 9.17) is 10.2 Å². The number of nitrogens with zero attached hydrogens (tertiary/aromatic N) is 1. The van der Waals surface area contributed by atoms with Crippen molar-refractivity contribution in [2.45, 2.75) is 32.4 Å². The molecule has 0 spiro atoms. The molecule has 16 heavy (non-hydrogen) atoms. The molecule has 2 aromatic rings. The normalized spacial score (nSPS) is 13.1. The third kappa shape index (κ3) is 2.17. The van der Waals surface area contributed by atoms with Gasteiger partial charge in [-0.3, -0.25) is 4.57 Å². The second kappa shape index (κ2) is 4.53. The first kappa shape index (κ1) is 11.0. The van der Waals surface area contributed by atoms with Crippen LogP contribution in [0, 0.1) is 0 Å². The van der Waals surface area contributed by atoms with Crippen LogP contribution in [0.25, 0.3) is 11.1 Å². The molecule has 0 aliphatic rings. The lowest BCUT2D eigenvalue weighted by Gasteiger charge is -2.04. The maximum atomic E-state index is 11.6. The van der Waals surface area contributed by atoms with Crippen LogP contribution in [0.3, 0.4) is 0 Å². The van der Waals surface area contributed by atoms with E-state index in [0.29, 0.717) is 12.1 Å². The summed E-state index contributed by atoms with van der Waals surface area (Å²) in [5.74, 6) is -0.286. The summed E-state index contributed by atoms with van der Waals surface area (Å²) in [6.07, 6.45) is 1.80. The van der Waals surface area contributed by atoms with Gasteiger partial charge >= 0.3 is 5.76 Å². The summed E-state index contributed by atoms with van der Waals surface area (Å²) >= 11 is 0. The van der Waals surface area contributed by atoms with Gasteiger partial charge in [-0.1, -0.05) is 12.1 Å². The Bertz CT molecular complexity index is 525. The van der Waals surface area contributed by atoms with Crippen molar-refractivity contribution in [3.05, 3.63) is 34.8 Å². The summed E-state index contributed by atoms with van der Waals surface area (Å²) in [5, 5.41) is 0. The Labute approximate surface area is 93.7 Å². The monoisotopic (exact) mass is 220 g/mol. The zero-order valence-electron chi connectivity index (χ0n) is 9.35. The number of para-hydroxylation sites is 2. The topological polar surface area (TPSA) is 61.2 Å². The second-order valence-corrected chi connectivity index (χ2v) is 4.11. The van der Waals surface area contributed by atoms with Crippen LogP contribution in [-0.4, -0.2) is 10.6 Å². The molecule has 2 N–H and O–H groups in total. The van der Waals surface area contributed by atoms with Gasteiger partial charge in [0.15, 0.2) is 5.58 Å². The number of hydrogen-bond donors (Lipinski definition) is 1. The van der Waals surface area contributed by atoms with Gasteiger partial charge in [-0.15, -0.1) is 0 Å². The van der Waals surface area contributed by atoms with Crippen molar-refractivity contribution in [2.24, 2.45) is 5.73 Å². The molecule has 2 rings (SSSR count). The average molecular weight is 220 g/mol. The van der Waals surface area contributed by atoms with Crippen molar-refractivity contribution >= 4 is 11.1 Å². The molecule has 0 bridgehead atoms. The molecule has 0 aliphatic carbocycles. The smallest absolute Gasteiger partial charge is 0.408 e. The first-order chi connectivity index (χ1) is 7.68. The molecule has 0 fully saturated rings. The number of oxazole rings is 1. The van der Waals surface area contributed by atoms with Crippen molar-refractivity contribution in [2.75, 3.05) is 0 Å². The van der Waals surface area contributed by atoms with Crippen LogP contribution in [-0.2, 0) is 6.54 Å². The number of hydrogen-bond acceptors (Lipinski definition) is 3. The van der Waals surface area contributed by atoms with E-state index in [1.54, 1.807) is 10.6 Å². The van der Waals surface area contributed by atoms with Crippen molar-refractivity contribution in [1.29, 1.82) is 0 Å². The summed E-state index contributed by atoms with van der Waals surface area (Å²) in [5.41, 5.74) is 7.18. The highest BCUT2D eigenvalue weighted by Crippen LogP contribution is 2.12. The molecular weight excluding hydrogens is 204 g/mol. The Hall–Kier alpha value is -1.55. The standard InChI is InChI=1S/C12H16N2O2/c1-9(13)5-4-8-14-10-6-2-3-7-11(10)16-12(14)15/h2-3,6-7,9H,4-5,8,13H2,1H3. The van der Waals surface area contributed by atoms with Gasteiger partial charge in [0.2, 0.25) is 0 Å². The number of benzene rings is 1. The Kier molecular flexibility index (Phi) is 3.10. The lowest BCUT2D eigenvalue weighted by Crippen LogP contribution is -2.18. The third-order valence-electron chi connectivity index (χ3n) is 2.61. The molecule has 1 aromatic carbocycles. The first-order valence-electron chi connectivity index (χ1n) is 5.52. The fourth-order valence-electron chi connectivity index (χ4n) is 1.80. The van der Waals surface area contributed by atoms with Gasteiger partial charge in [-0.05, 0) is 31.9 Å². The Balaban J connectivity index is 2.23. The average Bonchev–Trinajstić information content (AvgIpc) is 2.55. The number of fused-ring (bicyclic) bond motifs is 1. The molecule has 0 saturated carbocycles. The van der Waals surface area contributed by atoms with Gasteiger partial charge in [-0.25, -0.2) is 4.79 Å². The van der Waals surface area contributed by atoms with E-state index in [1.807, 2.05) is 25.1 Å². The molecule has 86 valence electrons. The van der Waals surface area contributed by atoms with Gasteiger partial charge in [0.05, 0.1) is 5.52 Å². The molecule has 4 heteroatoms. The summed E-state index contributed by atoms with van der Waals surface area (Å²) in [6.45, 7) is 2.63. The van der Waals surface area contributed by atoms with Gasteiger partial charge in [-0.2, -0.15) is 0 Å². The van der Waals surface area contributed by atoms with Crippen LogP contribution >= 0.6 is 0 Å². The maximum absolute atomic E-state index is 11.6. The summed E-state index contributed by atoms with van der Waals surface area (Å²) < 4.78 is 6.80. The Morgan fingerprint density at radius 1 is 1.44 bits per heavy atom. The number of nitrogens with two attached hydrogens (primary N) is 1. The summed E-state index contributed by atoms with van der Waals surface area (Å²) in [4.78, 5) is 11.6. The predicted molar refractivity (Wildman–Crippen MR) is 63.4 cm³/mol. The van der Waals surface area contributed by atoms with Crippen LogP contribution in [0.15, 0.2) is 33.5 Å². The zero-order valence-corrected chi connectivity index (χ0v) is 9.35. The van der Waals surface area contributed by atoms with Crippen LogP contribution in [0.5, 0.6) is 0 Å². The molecule has 0 radical (unpaired) electrons. The predicted octanol–water partition coefficient (Wildman–Crippen LogP) is 1.72. The molecule has 0 aliphatic heterocycles. The minimum absolute atomic E-state index is 0.175. The van der Waals surface area contributed by atoms with Crippen LogP contribution in [0.4, 0.5) is 0 Å². The van der Waals surface area contributed by atoms with E-state index < -0.39 is 0 Å². The highest BCUT2D eigenvalue weighted by Gasteiger charge is 2.07. The van der Waals surface area contributed by atoms with Crippen molar-refractivity contribution in [3.8, 4) is 0 Å². The van der Waals surface area contributed by atoms with Gasteiger partial charge in [0.25, 0.3) is 0 Å². The molecule has 1 unspecified atom stereocenters. The highest BCUT2D eigenvalue weighted by atomic mass is 16.4. The number of rotatable bonds is 4. The molecular formula is C12H16N2O2. The largest absolute Gasteiger partial charge is 0.419 e. The molecule has 1 atom stereocenters. The van der Waals surface area contributed by atoms with Gasteiger partial charge < -0.3 is 10.2 Å². The van der Waals surface area contributed by atoms with Crippen LogP contribution < -0.4 is 11.5 Å². The van der Waals surface area contributed by atoms with E-state index in [2.05, 4.69) is 0 Å². The van der Waals surface area contributed by atoms with Crippen LogP contribution in [0.2, 0.25) is 0 Å². The molecule has 1 aromatic heterocycles. The van der Waals surface area contributed by atoms with Crippen molar-refractivity contribution in [1.82, 2.24) is 4.57 Å². The molecule has 4 nitrogen and oxygen atoms in total. The van der Waals surface area contributed by atoms with E-state index in [-0.39, 0.29) is 11.8 Å². The highest BCUT2D eigenvalue weighted by molar-refractivity contribution is 5.72. The summed E-state index contributed by atoms with van der Waals surface area (Å²) in [6, 6.07) is 7.64. The fraction of sp³-hybridized carbons (Fsp3) is 0.417. The minimum Gasteiger partial charge on any atom is -0.408 e. The molecule has 1 heterocycles. The van der Waals surface area contributed by atoms with Crippen LogP contribution in [0.1, 0.15) is 19.8 Å². The van der Waals surface area contributed by atoms with E-state index in [1.165, 1.54) is 0 Å². The van der Waals surface area contributed by atoms with E-state index in [9.17, 15) is 4.79 Å². The quantitative estimate of drug-likeness (QED) is 0.853. The van der Waals surface area contributed by atoms with Gasteiger partial charge in [0, 0.05) is 12.6 Å². The fourth-order valence-corrected chi connectivity index (χ4v) is 1.80. The molecule has 0 amide bonds. The lowest BCUT2D eigenvalue weighted by atomic mass is 10.2. The SMILES string of the molecule is CC(N)CCCn1c(=O)oc2ccccc21. The van der Waals surface area contributed by atoms with E-state index in [0.717, 1.165) is 18.4 Å². The Morgan fingerprint density at radius 3 is 2.94 bits per heavy atom. The number of aryl methyl sites for hydroxylation is 1. The summed E-state index contributed by atoms with van der Waals surface area (Å²) in [7, 11) is 0. The van der Waals surface area contributed by atoms with E-state index >= 15 is 0 Å². The third-order valence-corrected chi connectivity index (χ3v) is 2.61. The first-order valence-corrected chi connectivity index (χ1v) is 5.52. The molecule has 0 saturated heterocycles. The van der Waals surface area contributed by atoms with Crippen molar-refractivity contribution in [3.63, 3.8) is 0 Å². The maximum Gasteiger partial charge on any atom is 0.419 e. The van der Waals surface area contributed by atoms with Gasteiger partial charge in [0.1, 0.15) is 0 Å². The minimum atomic E-state index is -0.286. The Morgan fingerprint density at radius 2 is 2.19 bits per heavy atom. The zero-order chi connectivity index (χ0) is 11.5. The second-order valence-electron chi connectivity index (χ2n) is 4.11.